The van der Waals surface area contributed by atoms with E-state index in [2.05, 4.69) is 27.8 Å². The molecule has 0 fully saturated rings. The van der Waals surface area contributed by atoms with E-state index in [1.165, 1.54) is 6.07 Å². The van der Waals surface area contributed by atoms with Gasteiger partial charge >= 0.3 is 0 Å². The number of benzene rings is 1. The van der Waals surface area contributed by atoms with Gasteiger partial charge < -0.3 is 14.4 Å². The molecule has 0 amide bonds. The predicted octanol–water partition coefficient (Wildman–Crippen LogP) is 3.21. The molecule has 0 bridgehead atoms. The van der Waals surface area contributed by atoms with Gasteiger partial charge in [0.25, 0.3) is 0 Å². The number of anilines is 1. The van der Waals surface area contributed by atoms with Gasteiger partial charge in [0, 0.05) is 43.4 Å². The minimum Gasteiger partial charge on any atom is -0.383 e. The Morgan fingerprint density at radius 3 is 2.63 bits per heavy atom. The van der Waals surface area contributed by atoms with Crippen molar-refractivity contribution >= 4 is 21.6 Å². The summed E-state index contributed by atoms with van der Waals surface area (Å²) in [6.07, 6.45) is 0. The first-order valence-corrected chi connectivity index (χ1v) is 7.35. The van der Waals surface area contributed by atoms with Crippen LogP contribution in [0.5, 0.6) is 0 Å². The topological polar surface area (TPSA) is 21.7 Å². The molecule has 19 heavy (non-hydrogen) atoms. The van der Waals surface area contributed by atoms with Crippen molar-refractivity contribution in [2.24, 2.45) is 0 Å². The van der Waals surface area contributed by atoms with Crippen molar-refractivity contribution < 1.29 is 13.9 Å². The summed E-state index contributed by atoms with van der Waals surface area (Å²) in [5.41, 5.74) is 1.56. The van der Waals surface area contributed by atoms with Crippen LogP contribution < -0.4 is 4.90 Å². The SMILES string of the molecule is COCCN(c1cccc(F)c1CBr)C(C)COC. The average Bonchev–Trinajstić information content (AvgIpc) is 2.39. The van der Waals surface area contributed by atoms with Crippen molar-refractivity contribution in [2.75, 3.05) is 38.9 Å². The van der Waals surface area contributed by atoms with Crippen LogP contribution in [0.15, 0.2) is 18.2 Å². The number of methoxy groups -OCH3 is 2. The third-order valence-corrected chi connectivity index (χ3v) is 3.57. The normalized spacial score (nSPS) is 12.5. The fourth-order valence-electron chi connectivity index (χ4n) is 2.05. The van der Waals surface area contributed by atoms with E-state index in [1.54, 1.807) is 20.3 Å². The maximum Gasteiger partial charge on any atom is 0.129 e. The van der Waals surface area contributed by atoms with Gasteiger partial charge in [0.05, 0.1) is 13.2 Å². The summed E-state index contributed by atoms with van der Waals surface area (Å²) in [6.45, 7) is 3.93. The van der Waals surface area contributed by atoms with Gasteiger partial charge in [0.1, 0.15) is 5.82 Å². The Morgan fingerprint density at radius 1 is 1.32 bits per heavy atom. The van der Waals surface area contributed by atoms with E-state index in [4.69, 9.17) is 9.47 Å². The van der Waals surface area contributed by atoms with Crippen LogP contribution in [0.2, 0.25) is 0 Å². The molecule has 1 aromatic rings. The van der Waals surface area contributed by atoms with E-state index >= 15 is 0 Å². The standard InChI is InChI=1S/C14H21BrFNO2/c1-11(10-19-3)17(7-8-18-2)14-6-4-5-13(16)12(14)9-15/h4-6,11H,7-10H2,1-3H3. The molecule has 0 N–H and O–H groups in total. The molecule has 1 rings (SSSR count). The van der Waals surface area contributed by atoms with Crippen LogP contribution in [0.4, 0.5) is 10.1 Å². The Hall–Kier alpha value is -0.650. The van der Waals surface area contributed by atoms with Gasteiger partial charge in [0.2, 0.25) is 0 Å². The van der Waals surface area contributed by atoms with Gasteiger partial charge in [-0.3, -0.25) is 0 Å². The Morgan fingerprint density at radius 2 is 2.05 bits per heavy atom. The van der Waals surface area contributed by atoms with Crippen molar-refractivity contribution in [3.05, 3.63) is 29.6 Å². The zero-order valence-corrected chi connectivity index (χ0v) is 13.2. The van der Waals surface area contributed by atoms with E-state index in [0.717, 1.165) is 5.69 Å². The van der Waals surface area contributed by atoms with Gasteiger partial charge in [-0.2, -0.15) is 0 Å². The van der Waals surface area contributed by atoms with E-state index in [1.807, 2.05) is 6.07 Å². The van der Waals surface area contributed by atoms with Crippen LogP contribution in [0.1, 0.15) is 12.5 Å². The zero-order chi connectivity index (χ0) is 14.3. The molecule has 1 unspecified atom stereocenters. The quantitative estimate of drug-likeness (QED) is 0.682. The van der Waals surface area contributed by atoms with Gasteiger partial charge in [0.15, 0.2) is 0 Å². The second-order valence-corrected chi connectivity index (χ2v) is 4.92. The van der Waals surface area contributed by atoms with Crippen molar-refractivity contribution in [2.45, 2.75) is 18.3 Å². The third kappa shape index (κ3) is 4.44. The van der Waals surface area contributed by atoms with Crippen molar-refractivity contribution in [1.82, 2.24) is 0 Å². The summed E-state index contributed by atoms with van der Waals surface area (Å²) in [4.78, 5) is 2.12. The molecule has 3 nitrogen and oxygen atoms in total. The molecule has 0 aliphatic rings. The van der Waals surface area contributed by atoms with Crippen LogP contribution in [-0.4, -0.2) is 40.0 Å². The number of hydrogen-bond donors (Lipinski definition) is 0. The van der Waals surface area contributed by atoms with Gasteiger partial charge in [-0.05, 0) is 19.1 Å². The molecule has 1 aromatic carbocycles. The number of rotatable bonds is 8. The maximum atomic E-state index is 13.9. The summed E-state index contributed by atoms with van der Waals surface area (Å²) in [5.74, 6) is -0.193. The summed E-state index contributed by atoms with van der Waals surface area (Å²) in [5, 5.41) is 0.484. The van der Waals surface area contributed by atoms with Crippen LogP contribution in [0.25, 0.3) is 0 Å². The summed E-state index contributed by atoms with van der Waals surface area (Å²) in [6, 6.07) is 5.30. The first kappa shape index (κ1) is 16.4. The van der Waals surface area contributed by atoms with Gasteiger partial charge in [-0.1, -0.05) is 22.0 Å². The van der Waals surface area contributed by atoms with Gasteiger partial charge in [-0.15, -0.1) is 0 Å². The molecule has 0 saturated heterocycles. The molecule has 0 aliphatic heterocycles. The zero-order valence-electron chi connectivity index (χ0n) is 11.7. The van der Waals surface area contributed by atoms with Crippen LogP contribution in [0, 0.1) is 5.82 Å². The lowest BCUT2D eigenvalue weighted by Crippen LogP contribution is -2.39. The minimum absolute atomic E-state index is 0.153. The molecule has 0 heterocycles. The molecule has 0 saturated carbocycles. The third-order valence-electron chi connectivity index (χ3n) is 3.01. The second-order valence-electron chi connectivity index (χ2n) is 4.36. The smallest absolute Gasteiger partial charge is 0.129 e. The summed E-state index contributed by atoms with van der Waals surface area (Å²) >= 11 is 3.35. The Bertz CT molecular complexity index is 390. The van der Waals surface area contributed by atoms with Crippen molar-refractivity contribution in [1.29, 1.82) is 0 Å². The Balaban J connectivity index is 3.05. The van der Waals surface area contributed by atoms with E-state index in [0.29, 0.717) is 30.7 Å². The molecule has 5 heteroatoms. The van der Waals surface area contributed by atoms with E-state index < -0.39 is 0 Å². The van der Waals surface area contributed by atoms with Crippen LogP contribution in [0.3, 0.4) is 0 Å². The first-order valence-electron chi connectivity index (χ1n) is 6.23. The minimum atomic E-state index is -0.193. The highest BCUT2D eigenvalue weighted by Gasteiger charge is 2.18. The number of hydrogen-bond acceptors (Lipinski definition) is 3. The van der Waals surface area contributed by atoms with Crippen LogP contribution >= 0.6 is 15.9 Å². The summed E-state index contributed by atoms with van der Waals surface area (Å²) < 4.78 is 24.2. The molecular weight excluding hydrogens is 313 g/mol. The number of nitrogens with zero attached hydrogens (tertiary/aromatic N) is 1. The molecule has 0 aromatic heterocycles. The van der Waals surface area contributed by atoms with Crippen molar-refractivity contribution in [3.63, 3.8) is 0 Å². The highest BCUT2D eigenvalue weighted by molar-refractivity contribution is 9.08. The number of halogens is 2. The average molecular weight is 334 g/mol. The van der Waals surface area contributed by atoms with E-state index in [9.17, 15) is 4.39 Å². The first-order chi connectivity index (χ1) is 9.15. The second kappa shape index (κ2) is 8.51. The Labute approximate surface area is 122 Å². The largest absolute Gasteiger partial charge is 0.383 e. The molecule has 0 aliphatic carbocycles. The van der Waals surface area contributed by atoms with Crippen molar-refractivity contribution in [3.8, 4) is 0 Å². The highest BCUT2D eigenvalue weighted by Crippen LogP contribution is 2.27. The fraction of sp³-hybridized carbons (Fsp3) is 0.571. The Kier molecular flexibility index (Phi) is 7.34. The maximum absolute atomic E-state index is 13.9. The molecule has 0 radical (unpaired) electrons. The van der Waals surface area contributed by atoms with Crippen LogP contribution in [-0.2, 0) is 14.8 Å². The molecule has 0 spiro atoms. The predicted molar refractivity (Wildman–Crippen MR) is 79.6 cm³/mol. The summed E-state index contributed by atoms with van der Waals surface area (Å²) in [7, 11) is 3.33. The van der Waals surface area contributed by atoms with E-state index in [-0.39, 0.29) is 11.9 Å². The monoisotopic (exact) mass is 333 g/mol. The highest BCUT2D eigenvalue weighted by atomic mass is 79.9. The number of alkyl halides is 1. The lowest BCUT2D eigenvalue weighted by Gasteiger charge is -2.32. The lowest BCUT2D eigenvalue weighted by atomic mass is 10.1. The van der Waals surface area contributed by atoms with Gasteiger partial charge in [-0.25, -0.2) is 4.39 Å². The lowest BCUT2D eigenvalue weighted by molar-refractivity contribution is 0.171. The number of ether oxygens (including phenoxy) is 2. The fourth-order valence-corrected chi connectivity index (χ4v) is 2.60. The molecule has 1 atom stereocenters. The molecule has 108 valence electrons. The molecular formula is C14H21BrFNO2.